The fraction of sp³-hybridized carbons (Fsp3) is 0.286. The van der Waals surface area contributed by atoms with Crippen LogP contribution in [-0.4, -0.2) is 16.0 Å². The van der Waals surface area contributed by atoms with Crippen molar-refractivity contribution >= 4 is 23.4 Å². The first-order valence-corrected chi connectivity index (χ1v) is 7.48. The van der Waals surface area contributed by atoms with E-state index in [0.29, 0.717) is 6.04 Å². The van der Waals surface area contributed by atoms with Crippen molar-refractivity contribution in [3.63, 3.8) is 0 Å². The molecule has 1 saturated carbocycles. The molecule has 2 aromatic rings. The molecule has 0 atom stereocenters. The van der Waals surface area contributed by atoms with E-state index in [9.17, 15) is 0 Å². The second kappa shape index (κ2) is 5.90. The number of rotatable bonds is 5. The van der Waals surface area contributed by atoms with Gasteiger partial charge in [-0.25, -0.2) is 9.97 Å². The zero-order valence-electron chi connectivity index (χ0n) is 10.3. The fourth-order valence-corrected chi connectivity index (χ4v) is 2.95. The largest absolute Gasteiger partial charge is 0.310 e. The Morgan fingerprint density at radius 3 is 2.74 bits per heavy atom. The van der Waals surface area contributed by atoms with Gasteiger partial charge < -0.3 is 5.32 Å². The van der Waals surface area contributed by atoms with Crippen LogP contribution in [0, 0.1) is 0 Å². The molecule has 1 aromatic heterocycles. The van der Waals surface area contributed by atoms with Crippen LogP contribution in [0.25, 0.3) is 0 Å². The third-order valence-corrected chi connectivity index (χ3v) is 4.31. The molecule has 1 aromatic carbocycles. The van der Waals surface area contributed by atoms with Gasteiger partial charge >= 0.3 is 0 Å². The Balaban J connectivity index is 1.80. The molecule has 0 amide bonds. The number of hydrogen-bond acceptors (Lipinski definition) is 4. The van der Waals surface area contributed by atoms with Gasteiger partial charge in [0.25, 0.3) is 0 Å². The van der Waals surface area contributed by atoms with Crippen LogP contribution < -0.4 is 5.32 Å². The standard InChI is InChI=1S/C14H14ClN3S/c15-12-3-1-4-13(11(12)9-18-10-5-6-10)19-14-16-7-2-8-17-14/h1-4,7-8,10,18H,5-6,9H2. The van der Waals surface area contributed by atoms with E-state index in [1.165, 1.54) is 12.8 Å². The van der Waals surface area contributed by atoms with Crippen LogP contribution in [0.5, 0.6) is 0 Å². The quantitative estimate of drug-likeness (QED) is 0.855. The Hall–Kier alpha value is -1.10. The van der Waals surface area contributed by atoms with Crippen molar-refractivity contribution in [3.05, 3.63) is 47.2 Å². The molecule has 3 rings (SSSR count). The predicted molar refractivity (Wildman–Crippen MR) is 77.5 cm³/mol. The summed E-state index contributed by atoms with van der Waals surface area (Å²) in [5, 5.41) is 5.05. The van der Waals surface area contributed by atoms with Crippen molar-refractivity contribution in [2.45, 2.75) is 35.5 Å². The van der Waals surface area contributed by atoms with Gasteiger partial charge in [-0.1, -0.05) is 17.7 Å². The maximum atomic E-state index is 6.31. The Morgan fingerprint density at radius 1 is 1.21 bits per heavy atom. The highest BCUT2D eigenvalue weighted by atomic mass is 35.5. The normalized spacial score (nSPS) is 14.6. The topological polar surface area (TPSA) is 37.8 Å². The summed E-state index contributed by atoms with van der Waals surface area (Å²) in [4.78, 5) is 9.60. The van der Waals surface area contributed by atoms with Gasteiger partial charge in [0, 0.05) is 34.9 Å². The molecule has 0 bridgehead atoms. The summed E-state index contributed by atoms with van der Waals surface area (Å²) in [7, 11) is 0. The zero-order chi connectivity index (χ0) is 13.1. The van der Waals surface area contributed by atoms with E-state index in [1.54, 1.807) is 24.2 Å². The average Bonchev–Trinajstić information content (AvgIpc) is 3.23. The Labute approximate surface area is 121 Å². The summed E-state index contributed by atoms with van der Waals surface area (Å²) < 4.78 is 0. The van der Waals surface area contributed by atoms with Gasteiger partial charge in [-0.2, -0.15) is 0 Å². The monoisotopic (exact) mass is 291 g/mol. The highest BCUT2D eigenvalue weighted by Crippen LogP contribution is 2.32. The summed E-state index contributed by atoms with van der Waals surface area (Å²) in [6.45, 7) is 0.805. The third kappa shape index (κ3) is 3.47. The predicted octanol–water partition coefficient (Wildman–Crippen LogP) is 3.53. The summed E-state index contributed by atoms with van der Waals surface area (Å²) in [5.74, 6) is 0. The SMILES string of the molecule is Clc1cccc(Sc2ncccn2)c1CNC1CC1. The zero-order valence-corrected chi connectivity index (χ0v) is 11.9. The minimum atomic E-state index is 0.669. The molecule has 1 aliphatic carbocycles. The van der Waals surface area contributed by atoms with Crippen LogP contribution in [0.3, 0.4) is 0 Å². The Morgan fingerprint density at radius 2 is 2.00 bits per heavy atom. The molecule has 0 aliphatic heterocycles. The first-order valence-electron chi connectivity index (χ1n) is 6.28. The van der Waals surface area contributed by atoms with Crippen LogP contribution in [0.15, 0.2) is 46.7 Å². The second-order valence-electron chi connectivity index (χ2n) is 4.51. The lowest BCUT2D eigenvalue weighted by molar-refractivity contribution is 0.680. The molecule has 0 saturated heterocycles. The van der Waals surface area contributed by atoms with E-state index in [2.05, 4.69) is 21.4 Å². The van der Waals surface area contributed by atoms with Gasteiger partial charge in [-0.15, -0.1) is 0 Å². The van der Waals surface area contributed by atoms with Gasteiger partial charge in [0.05, 0.1) is 0 Å². The third-order valence-electron chi connectivity index (χ3n) is 2.96. The summed E-state index contributed by atoms with van der Waals surface area (Å²) >= 11 is 7.86. The van der Waals surface area contributed by atoms with Gasteiger partial charge in [-0.3, -0.25) is 0 Å². The van der Waals surface area contributed by atoms with E-state index in [1.807, 2.05) is 18.2 Å². The number of nitrogens with zero attached hydrogens (tertiary/aromatic N) is 2. The average molecular weight is 292 g/mol. The van der Waals surface area contributed by atoms with Crippen molar-refractivity contribution in [1.29, 1.82) is 0 Å². The van der Waals surface area contributed by atoms with Gasteiger partial charge in [0.2, 0.25) is 0 Å². The first kappa shape index (κ1) is 12.9. The maximum Gasteiger partial charge on any atom is 0.192 e. The van der Waals surface area contributed by atoms with E-state index in [0.717, 1.165) is 27.2 Å². The number of nitrogens with one attached hydrogen (secondary N) is 1. The number of aromatic nitrogens is 2. The molecule has 98 valence electrons. The van der Waals surface area contributed by atoms with Gasteiger partial charge in [0.15, 0.2) is 5.16 Å². The first-order chi connectivity index (χ1) is 9.33. The van der Waals surface area contributed by atoms with Crippen molar-refractivity contribution in [2.75, 3.05) is 0 Å². The Bertz CT molecular complexity index is 558. The summed E-state index contributed by atoms with van der Waals surface area (Å²) in [5.41, 5.74) is 1.13. The number of hydrogen-bond donors (Lipinski definition) is 1. The molecular formula is C14H14ClN3S. The maximum absolute atomic E-state index is 6.31. The molecule has 1 heterocycles. The van der Waals surface area contributed by atoms with Crippen LogP contribution in [0.4, 0.5) is 0 Å². The second-order valence-corrected chi connectivity index (χ2v) is 5.92. The van der Waals surface area contributed by atoms with E-state index in [4.69, 9.17) is 11.6 Å². The van der Waals surface area contributed by atoms with Crippen LogP contribution in [0.1, 0.15) is 18.4 Å². The molecule has 5 heteroatoms. The Kier molecular flexibility index (Phi) is 4.01. The fourth-order valence-electron chi connectivity index (χ4n) is 1.78. The van der Waals surface area contributed by atoms with Gasteiger partial charge in [-0.05, 0) is 48.4 Å². The minimum Gasteiger partial charge on any atom is -0.310 e. The molecule has 1 aliphatic rings. The minimum absolute atomic E-state index is 0.669. The van der Waals surface area contributed by atoms with Crippen LogP contribution >= 0.6 is 23.4 Å². The highest BCUT2D eigenvalue weighted by Gasteiger charge is 2.21. The number of halogens is 1. The summed E-state index contributed by atoms with van der Waals surface area (Å²) in [6, 6.07) is 8.45. The van der Waals surface area contributed by atoms with Crippen molar-refractivity contribution in [3.8, 4) is 0 Å². The van der Waals surface area contributed by atoms with E-state index in [-0.39, 0.29) is 0 Å². The molecule has 1 N–H and O–H groups in total. The van der Waals surface area contributed by atoms with Crippen LogP contribution in [-0.2, 0) is 6.54 Å². The lowest BCUT2D eigenvalue weighted by Crippen LogP contribution is -2.16. The lowest BCUT2D eigenvalue weighted by Gasteiger charge is -2.11. The van der Waals surface area contributed by atoms with Gasteiger partial charge in [0.1, 0.15) is 0 Å². The summed E-state index contributed by atoms with van der Waals surface area (Å²) in [6.07, 6.45) is 6.05. The van der Waals surface area contributed by atoms with Crippen molar-refractivity contribution in [1.82, 2.24) is 15.3 Å². The van der Waals surface area contributed by atoms with Crippen LogP contribution in [0.2, 0.25) is 5.02 Å². The highest BCUT2D eigenvalue weighted by molar-refractivity contribution is 7.99. The molecule has 0 radical (unpaired) electrons. The van der Waals surface area contributed by atoms with E-state index >= 15 is 0 Å². The molecule has 19 heavy (non-hydrogen) atoms. The van der Waals surface area contributed by atoms with Crippen molar-refractivity contribution in [2.24, 2.45) is 0 Å². The molecule has 1 fully saturated rings. The smallest absolute Gasteiger partial charge is 0.192 e. The molecule has 3 nitrogen and oxygen atoms in total. The van der Waals surface area contributed by atoms with Crippen molar-refractivity contribution < 1.29 is 0 Å². The molecule has 0 spiro atoms. The number of benzene rings is 1. The van der Waals surface area contributed by atoms with E-state index < -0.39 is 0 Å². The molecular weight excluding hydrogens is 278 g/mol. The lowest BCUT2D eigenvalue weighted by atomic mass is 10.2. The molecule has 0 unspecified atom stereocenters.